The maximum absolute atomic E-state index is 5.83. The van der Waals surface area contributed by atoms with Gasteiger partial charge in [-0.1, -0.05) is 26.0 Å². The first-order chi connectivity index (χ1) is 9.58. The number of methoxy groups -OCH3 is 1. The van der Waals surface area contributed by atoms with Crippen molar-refractivity contribution < 1.29 is 9.47 Å². The fraction of sp³-hybridized carbons (Fsp3) is 0.375. The third-order valence-electron chi connectivity index (χ3n) is 2.90. The summed E-state index contributed by atoms with van der Waals surface area (Å²) in [4.78, 5) is 8.63. The highest BCUT2D eigenvalue weighted by Crippen LogP contribution is 2.24. The highest BCUT2D eigenvalue weighted by Gasteiger charge is 2.06. The summed E-state index contributed by atoms with van der Waals surface area (Å²) in [5, 5.41) is 0. The summed E-state index contributed by atoms with van der Waals surface area (Å²) in [5.41, 5.74) is 2.10. The van der Waals surface area contributed by atoms with E-state index in [0.717, 1.165) is 11.4 Å². The fourth-order valence-electron chi connectivity index (χ4n) is 1.90. The van der Waals surface area contributed by atoms with E-state index >= 15 is 0 Å². The predicted octanol–water partition coefficient (Wildman–Crippen LogP) is 3.85. The van der Waals surface area contributed by atoms with Gasteiger partial charge in [0.1, 0.15) is 12.4 Å². The van der Waals surface area contributed by atoms with Crippen molar-refractivity contribution >= 4 is 0 Å². The van der Waals surface area contributed by atoms with Crippen molar-refractivity contribution in [2.75, 3.05) is 7.11 Å². The van der Waals surface area contributed by atoms with Crippen LogP contribution in [-0.4, -0.2) is 17.1 Å². The summed E-state index contributed by atoms with van der Waals surface area (Å²) >= 11 is 0. The number of aromatic nitrogens is 2. The predicted molar refractivity (Wildman–Crippen MR) is 78.1 cm³/mol. The Bertz CT molecular complexity index is 582. The quantitative estimate of drug-likeness (QED) is 0.829. The van der Waals surface area contributed by atoms with Gasteiger partial charge in [-0.2, -0.15) is 4.98 Å². The van der Waals surface area contributed by atoms with Crippen molar-refractivity contribution in [1.29, 1.82) is 0 Å². The molecular weight excluding hydrogens is 252 g/mol. The second-order valence-electron chi connectivity index (χ2n) is 5.03. The van der Waals surface area contributed by atoms with E-state index in [9.17, 15) is 0 Å². The molecule has 20 heavy (non-hydrogen) atoms. The van der Waals surface area contributed by atoms with Gasteiger partial charge in [-0.25, -0.2) is 4.98 Å². The molecule has 0 fully saturated rings. The zero-order chi connectivity index (χ0) is 14.5. The molecule has 2 rings (SSSR count). The first-order valence-corrected chi connectivity index (χ1v) is 6.70. The van der Waals surface area contributed by atoms with Crippen molar-refractivity contribution in [2.24, 2.45) is 0 Å². The number of hydrogen-bond donors (Lipinski definition) is 0. The molecule has 0 N–H and O–H groups in total. The second kappa shape index (κ2) is 6.48. The van der Waals surface area contributed by atoms with Crippen LogP contribution in [0.3, 0.4) is 0 Å². The Balaban J connectivity index is 2.23. The van der Waals surface area contributed by atoms with Crippen LogP contribution < -0.4 is 4.74 Å². The lowest BCUT2D eigenvalue weighted by Crippen LogP contribution is -2.01. The lowest BCUT2D eigenvalue weighted by atomic mass is 10.0. The molecule has 1 heterocycles. The molecule has 0 saturated heterocycles. The Morgan fingerprint density at radius 2 is 1.95 bits per heavy atom. The average molecular weight is 272 g/mol. The van der Waals surface area contributed by atoms with Gasteiger partial charge < -0.3 is 9.47 Å². The molecule has 0 aliphatic rings. The third-order valence-corrected chi connectivity index (χ3v) is 2.90. The summed E-state index contributed by atoms with van der Waals surface area (Å²) in [6.07, 6.45) is 0. The molecule has 0 aliphatic carbocycles. The Morgan fingerprint density at radius 3 is 2.65 bits per heavy atom. The monoisotopic (exact) mass is 272 g/mol. The van der Waals surface area contributed by atoms with Crippen LogP contribution >= 0.6 is 0 Å². The number of ether oxygens (including phenoxy) is 2. The van der Waals surface area contributed by atoms with E-state index in [-0.39, 0.29) is 0 Å². The first-order valence-electron chi connectivity index (χ1n) is 6.70. The zero-order valence-electron chi connectivity index (χ0n) is 12.4. The number of nitrogens with zero attached hydrogens (tertiary/aromatic N) is 2. The molecule has 0 spiro atoms. The Kier molecular flexibility index (Phi) is 4.69. The van der Waals surface area contributed by atoms with Gasteiger partial charge in [-0.15, -0.1) is 0 Å². The van der Waals surface area contributed by atoms with Crippen LogP contribution in [-0.2, 0) is 11.3 Å². The molecule has 0 atom stereocenters. The van der Waals surface area contributed by atoms with E-state index in [0.29, 0.717) is 24.2 Å². The Labute approximate surface area is 119 Å². The van der Waals surface area contributed by atoms with Gasteiger partial charge in [-0.05, 0) is 30.5 Å². The van der Waals surface area contributed by atoms with E-state index in [2.05, 4.69) is 29.9 Å². The lowest BCUT2D eigenvalue weighted by Gasteiger charge is -2.10. The number of rotatable bonds is 5. The molecule has 0 bridgehead atoms. The molecule has 0 radical (unpaired) electrons. The maximum atomic E-state index is 5.83. The molecule has 1 aromatic carbocycles. The molecule has 1 aromatic heterocycles. The van der Waals surface area contributed by atoms with Gasteiger partial charge in [0.2, 0.25) is 5.88 Å². The van der Waals surface area contributed by atoms with Crippen LogP contribution in [0.4, 0.5) is 0 Å². The van der Waals surface area contributed by atoms with Crippen molar-refractivity contribution in [3.8, 4) is 11.6 Å². The van der Waals surface area contributed by atoms with Crippen LogP contribution in [0, 0.1) is 6.92 Å². The fourth-order valence-corrected chi connectivity index (χ4v) is 1.90. The molecule has 2 aromatic rings. The van der Waals surface area contributed by atoms with E-state index in [1.165, 1.54) is 5.56 Å². The molecule has 4 nitrogen and oxygen atoms in total. The van der Waals surface area contributed by atoms with Crippen LogP contribution in [0.25, 0.3) is 0 Å². The maximum Gasteiger partial charge on any atom is 0.222 e. The highest BCUT2D eigenvalue weighted by atomic mass is 16.5. The highest BCUT2D eigenvalue weighted by molar-refractivity contribution is 5.33. The number of benzene rings is 1. The van der Waals surface area contributed by atoms with Crippen molar-refractivity contribution in [3.63, 3.8) is 0 Å². The summed E-state index contributed by atoms with van der Waals surface area (Å²) in [5.74, 6) is 2.43. The minimum atomic E-state index is 0.379. The minimum Gasteiger partial charge on any atom is -0.439 e. The van der Waals surface area contributed by atoms with Crippen LogP contribution in [0.5, 0.6) is 11.6 Å². The summed E-state index contributed by atoms with van der Waals surface area (Å²) in [6, 6.07) is 9.88. The molecular formula is C16H20N2O2. The number of hydrogen-bond acceptors (Lipinski definition) is 4. The molecule has 4 heteroatoms. The molecule has 0 amide bonds. The van der Waals surface area contributed by atoms with Gasteiger partial charge in [0.25, 0.3) is 0 Å². The number of aryl methyl sites for hydroxylation is 1. The Morgan fingerprint density at radius 1 is 1.15 bits per heavy atom. The van der Waals surface area contributed by atoms with Crippen LogP contribution in [0.1, 0.15) is 36.8 Å². The van der Waals surface area contributed by atoms with Gasteiger partial charge in [0, 0.05) is 18.9 Å². The molecule has 0 unspecified atom stereocenters. The van der Waals surface area contributed by atoms with E-state index in [1.54, 1.807) is 7.11 Å². The van der Waals surface area contributed by atoms with Gasteiger partial charge in [-0.3, -0.25) is 0 Å². The van der Waals surface area contributed by atoms with E-state index in [4.69, 9.17) is 9.47 Å². The standard InChI is InChI=1S/C16H20N2O2/c1-11(2)13-6-5-7-14(9-13)20-16-8-12(3)17-15(18-16)10-19-4/h5-9,11H,10H2,1-4H3. The summed E-state index contributed by atoms with van der Waals surface area (Å²) < 4.78 is 10.9. The van der Waals surface area contributed by atoms with Gasteiger partial charge >= 0.3 is 0 Å². The van der Waals surface area contributed by atoms with Gasteiger partial charge in [0.05, 0.1) is 0 Å². The van der Waals surface area contributed by atoms with E-state index in [1.807, 2.05) is 31.2 Å². The minimum absolute atomic E-state index is 0.379. The normalized spacial score (nSPS) is 10.8. The van der Waals surface area contributed by atoms with Crippen LogP contribution in [0.15, 0.2) is 30.3 Å². The third kappa shape index (κ3) is 3.78. The summed E-state index contributed by atoms with van der Waals surface area (Å²) in [7, 11) is 1.62. The SMILES string of the molecule is COCc1nc(C)cc(Oc2cccc(C(C)C)c2)n1. The van der Waals surface area contributed by atoms with Crippen LogP contribution in [0.2, 0.25) is 0 Å². The molecule has 0 saturated carbocycles. The zero-order valence-corrected chi connectivity index (χ0v) is 12.4. The smallest absolute Gasteiger partial charge is 0.222 e. The second-order valence-corrected chi connectivity index (χ2v) is 5.03. The summed E-state index contributed by atoms with van der Waals surface area (Å²) in [6.45, 7) is 6.61. The van der Waals surface area contributed by atoms with Gasteiger partial charge in [0.15, 0.2) is 5.82 Å². The largest absolute Gasteiger partial charge is 0.439 e. The molecule has 106 valence electrons. The topological polar surface area (TPSA) is 44.2 Å². The van der Waals surface area contributed by atoms with E-state index < -0.39 is 0 Å². The van der Waals surface area contributed by atoms with Crippen molar-refractivity contribution in [1.82, 2.24) is 9.97 Å². The van der Waals surface area contributed by atoms with Crippen molar-refractivity contribution in [3.05, 3.63) is 47.4 Å². The lowest BCUT2D eigenvalue weighted by molar-refractivity contribution is 0.177. The average Bonchev–Trinajstić information content (AvgIpc) is 2.38. The Hall–Kier alpha value is -1.94. The first kappa shape index (κ1) is 14.5. The van der Waals surface area contributed by atoms with Crippen molar-refractivity contribution in [2.45, 2.75) is 33.3 Å². The molecule has 0 aliphatic heterocycles.